The third-order valence-corrected chi connectivity index (χ3v) is 0.889. The number of aliphatic hydroxyl groups excluding tert-OH is 2. The second-order valence-corrected chi connectivity index (χ2v) is 1.81. The van der Waals surface area contributed by atoms with E-state index < -0.39 is 31.1 Å². The zero-order valence-corrected chi connectivity index (χ0v) is 5.65. The van der Waals surface area contributed by atoms with Gasteiger partial charge in [0.1, 0.15) is 6.54 Å². The maximum absolute atomic E-state index is 10.5. The molecular weight excluding hydrogens is 154 g/mol. The molecule has 0 bridgehead atoms. The van der Waals surface area contributed by atoms with Crippen molar-refractivity contribution in [3.63, 3.8) is 0 Å². The minimum atomic E-state index is -1.55. The fourth-order valence-corrected chi connectivity index (χ4v) is 0.363. The molecule has 1 unspecified atom stereocenters. The van der Waals surface area contributed by atoms with Crippen molar-refractivity contribution < 1.29 is 24.9 Å². The Bertz CT molecular complexity index is 157. The summed E-state index contributed by atoms with van der Waals surface area (Å²) in [5.41, 5.74) is 0. The Balaban J connectivity index is 3.60. The molecule has 64 valence electrons. The highest BCUT2D eigenvalue weighted by Gasteiger charge is 2.13. The van der Waals surface area contributed by atoms with Gasteiger partial charge in [-0.1, -0.05) is 0 Å². The predicted octanol–water partition coefficient (Wildman–Crippen LogP) is -2.46. The third-order valence-electron chi connectivity index (χ3n) is 0.889. The summed E-state index contributed by atoms with van der Waals surface area (Å²) < 4.78 is 0. The summed E-state index contributed by atoms with van der Waals surface area (Å²) in [5, 5.41) is 26.7. The molecule has 0 rings (SSSR count). The number of nitrogens with one attached hydrogen (secondary N) is 1. The summed E-state index contributed by atoms with van der Waals surface area (Å²) in [6.45, 7) is -1.28. The molecule has 4 N–H and O–H groups in total. The second-order valence-electron chi connectivity index (χ2n) is 1.81. The number of carbonyl (C=O) groups is 2. The van der Waals surface area contributed by atoms with Gasteiger partial charge in [-0.05, 0) is 0 Å². The fourth-order valence-electron chi connectivity index (χ4n) is 0.363. The molecule has 0 spiro atoms. The Kier molecular flexibility index (Phi) is 4.16. The predicted molar refractivity (Wildman–Crippen MR) is 33.7 cm³/mol. The number of carboxylic acids is 1. The van der Waals surface area contributed by atoms with E-state index >= 15 is 0 Å². The van der Waals surface area contributed by atoms with Gasteiger partial charge in [0, 0.05) is 0 Å². The standard InChI is InChI=1S/C5H9NO5/c7-2-3(8)5(11)6-1-4(9)10/h3,7-8H,1-2H2,(H,6,11)(H,9,10). The smallest absolute Gasteiger partial charge is 0.322 e. The molecule has 0 aliphatic carbocycles. The fraction of sp³-hybridized carbons (Fsp3) is 0.600. The lowest BCUT2D eigenvalue weighted by atomic mass is 10.3. The second kappa shape index (κ2) is 4.64. The number of carbonyl (C=O) groups excluding carboxylic acids is 1. The van der Waals surface area contributed by atoms with Crippen LogP contribution in [-0.2, 0) is 9.59 Å². The summed E-state index contributed by atoms with van der Waals surface area (Å²) in [5.74, 6) is -2.10. The van der Waals surface area contributed by atoms with Crippen LogP contribution in [0.2, 0.25) is 0 Å². The molecule has 1 atom stereocenters. The van der Waals surface area contributed by atoms with Gasteiger partial charge in [0.25, 0.3) is 5.91 Å². The lowest BCUT2D eigenvalue weighted by Gasteiger charge is -2.05. The molecule has 6 nitrogen and oxygen atoms in total. The summed E-state index contributed by atoms with van der Waals surface area (Å²) in [4.78, 5) is 20.3. The van der Waals surface area contributed by atoms with Crippen molar-refractivity contribution in [3.05, 3.63) is 0 Å². The topological polar surface area (TPSA) is 107 Å². The van der Waals surface area contributed by atoms with Crippen LogP contribution in [0.4, 0.5) is 0 Å². The summed E-state index contributed by atoms with van der Waals surface area (Å²) >= 11 is 0. The highest BCUT2D eigenvalue weighted by molar-refractivity contribution is 5.84. The van der Waals surface area contributed by atoms with E-state index in [1.165, 1.54) is 0 Å². The molecule has 0 aromatic heterocycles. The van der Waals surface area contributed by atoms with Crippen LogP contribution in [0.5, 0.6) is 0 Å². The zero-order valence-electron chi connectivity index (χ0n) is 5.65. The quantitative estimate of drug-likeness (QED) is 0.367. The van der Waals surface area contributed by atoms with Crippen LogP contribution in [0, 0.1) is 0 Å². The molecule has 0 aliphatic heterocycles. The first kappa shape index (κ1) is 9.86. The number of aliphatic carboxylic acids is 1. The summed E-state index contributed by atoms with van der Waals surface area (Å²) in [6.07, 6.45) is -1.55. The molecular formula is C5H9NO5. The SMILES string of the molecule is O=C(O)CNC(=O)C(O)CO. The van der Waals surface area contributed by atoms with Gasteiger partial charge in [-0.3, -0.25) is 9.59 Å². The van der Waals surface area contributed by atoms with Gasteiger partial charge in [0.05, 0.1) is 6.61 Å². The molecule has 0 radical (unpaired) electrons. The van der Waals surface area contributed by atoms with Crippen molar-refractivity contribution in [1.82, 2.24) is 5.32 Å². The van der Waals surface area contributed by atoms with Crippen LogP contribution in [0.3, 0.4) is 0 Å². The number of aliphatic hydroxyl groups is 2. The van der Waals surface area contributed by atoms with Crippen LogP contribution >= 0.6 is 0 Å². The Hall–Kier alpha value is -1.14. The molecule has 0 aromatic rings. The first-order valence-corrected chi connectivity index (χ1v) is 2.86. The number of amides is 1. The summed E-state index contributed by atoms with van der Waals surface area (Å²) in [6, 6.07) is 0. The lowest BCUT2D eigenvalue weighted by Crippen LogP contribution is -2.39. The average Bonchev–Trinajstić information content (AvgIpc) is 1.98. The molecule has 0 aliphatic rings. The van der Waals surface area contributed by atoms with Crippen LogP contribution in [0.1, 0.15) is 0 Å². The average molecular weight is 163 g/mol. The van der Waals surface area contributed by atoms with Gasteiger partial charge in [0.15, 0.2) is 6.10 Å². The van der Waals surface area contributed by atoms with Gasteiger partial charge in [0.2, 0.25) is 0 Å². The van der Waals surface area contributed by atoms with E-state index in [4.69, 9.17) is 15.3 Å². The molecule has 1 amide bonds. The normalized spacial score (nSPS) is 12.2. The highest BCUT2D eigenvalue weighted by Crippen LogP contribution is 1.78. The largest absolute Gasteiger partial charge is 0.480 e. The Labute approximate surface area is 62.5 Å². The Morgan fingerprint density at radius 2 is 2.00 bits per heavy atom. The van der Waals surface area contributed by atoms with E-state index in [0.29, 0.717) is 0 Å². The van der Waals surface area contributed by atoms with Crippen molar-refractivity contribution in [2.45, 2.75) is 6.10 Å². The van der Waals surface area contributed by atoms with Crippen molar-refractivity contribution in [2.24, 2.45) is 0 Å². The first-order valence-electron chi connectivity index (χ1n) is 2.86. The maximum atomic E-state index is 10.5. The molecule has 6 heteroatoms. The highest BCUT2D eigenvalue weighted by atomic mass is 16.4. The van der Waals surface area contributed by atoms with E-state index in [0.717, 1.165) is 0 Å². The van der Waals surface area contributed by atoms with Crippen molar-refractivity contribution >= 4 is 11.9 Å². The zero-order chi connectivity index (χ0) is 8.85. The van der Waals surface area contributed by atoms with Gasteiger partial charge >= 0.3 is 5.97 Å². The van der Waals surface area contributed by atoms with Crippen LogP contribution in [0.15, 0.2) is 0 Å². The van der Waals surface area contributed by atoms with E-state index in [9.17, 15) is 9.59 Å². The molecule has 0 fully saturated rings. The monoisotopic (exact) mass is 163 g/mol. The molecule has 0 saturated heterocycles. The minimum absolute atomic E-state index is 0.560. The third kappa shape index (κ3) is 4.29. The van der Waals surface area contributed by atoms with Gasteiger partial charge in [-0.25, -0.2) is 0 Å². The number of hydrogen-bond acceptors (Lipinski definition) is 4. The van der Waals surface area contributed by atoms with Gasteiger partial charge < -0.3 is 20.6 Å². The van der Waals surface area contributed by atoms with Crippen LogP contribution in [0.25, 0.3) is 0 Å². The number of hydrogen-bond donors (Lipinski definition) is 4. The molecule has 0 heterocycles. The van der Waals surface area contributed by atoms with E-state index in [2.05, 4.69) is 0 Å². The van der Waals surface area contributed by atoms with Gasteiger partial charge in [-0.15, -0.1) is 0 Å². The van der Waals surface area contributed by atoms with Crippen molar-refractivity contribution in [2.75, 3.05) is 13.2 Å². The Morgan fingerprint density at radius 3 is 2.36 bits per heavy atom. The van der Waals surface area contributed by atoms with Crippen LogP contribution < -0.4 is 5.32 Å². The van der Waals surface area contributed by atoms with E-state index in [1.807, 2.05) is 5.32 Å². The Morgan fingerprint density at radius 1 is 1.45 bits per heavy atom. The van der Waals surface area contributed by atoms with Crippen molar-refractivity contribution in [3.8, 4) is 0 Å². The number of rotatable bonds is 4. The van der Waals surface area contributed by atoms with E-state index in [1.54, 1.807) is 0 Å². The summed E-state index contributed by atoms with van der Waals surface area (Å²) in [7, 11) is 0. The van der Waals surface area contributed by atoms with Crippen LogP contribution in [-0.4, -0.2) is 46.5 Å². The molecule has 0 saturated carbocycles. The first-order chi connectivity index (χ1) is 5.07. The maximum Gasteiger partial charge on any atom is 0.322 e. The lowest BCUT2D eigenvalue weighted by molar-refractivity contribution is -0.140. The van der Waals surface area contributed by atoms with Gasteiger partial charge in [-0.2, -0.15) is 0 Å². The number of carboxylic acid groups (broad SMARTS) is 1. The minimum Gasteiger partial charge on any atom is -0.480 e. The van der Waals surface area contributed by atoms with E-state index in [-0.39, 0.29) is 0 Å². The van der Waals surface area contributed by atoms with Crippen molar-refractivity contribution in [1.29, 1.82) is 0 Å². The molecule has 0 aromatic carbocycles. The molecule has 11 heavy (non-hydrogen) atoms.